The normalized spacial score (nSPS) is 11.4. The molecular weight excluding hydrogens is 434 g/mol. The van der Waals surface area contributed by atoms with E-state index in [9.17, 15) is 9.59 Å². The number of aromatic amines is 1. The number of H-pyrrole nitrogens is 1. The molecule has 4 N–H and O–H groups in total. The number of amides is 2. The molecule has 4 aromatic rings. The standard InChI is InChI=1S/C24H23N5O4.CH4/c1-32-20-6-3-14(12-21(20)33-2)11-19(22(25)30)29-24(31)16-4-5-17-18(13-16)28-23(27-17)15-7-9-26-10-8-15;/h3-10,12-13,19H,11H2,1-2H3,(H2,25,30)(H,27,28)(H,29,31);1H4/t19-;/m0./s1. The van der Waals surface area contributed by atoms with Gasteiger partial charge in [0.1, 0.15) is 11.9 Å². The summed E-state index contributed by atoms with van der Waals surface area (Å²) < 4.78 is 10.5. The Kier molecular flexibility index (Phi) is 7.47. The summed E-state index contributed by atoms with van der Waals surface area (Å²) >= 11 is 0. The van der Waals surface area contributed by atoms with Crippen molar-refractivity contribution >= 4 is 22.8 Å². The highest BCUT2D eigenvalue weighted by Gasteiger charge is 2.21. The van der Waals surface area contributed by atoms with Gasteiger partial charge in [-0.15, -0.1) is 0 Å². The molecule has 0 aliphatic rings. The lowest BCUT2D eigenvalue weighted by atomic mass is 10.0. The summed E-state index contributed by atoms with van der Waals surface area (Å²) in [5.41, 5.74) is 9.01. The number of primary amides is 1. The number of ether oxygens (including phenoxy) is 2. The number of hydrogen-bond acceptors (Lipinski definition) is 6. The summed E-state index contributed by atoms with van der Waals surface area (Å²) in [5.74, 6) is 0.717. The van der Waals surface area contributed by atoms with E-state index < -0.39 is 17.9 Å². The van der Waals surface area contributed by atoms with Gasteiger partial charge >= 0.3 is 0 Å². The molecule has 0 spiro atoms. The van der Waals surface area contributed by atoms with Crippen molar-refractivity contribution in [3.8, 4) is 22.9 Å². The van der Waals surface area contributed by atoms with Crippen LogP contribution in [0.2, 0.25) is 0 Å². The first-order valence-electron chi connectivity index (χ1n) is 10.2. The molecule has 9 heteroatoms. The zero-order chi connectivity index (χ0) is 23.4. The number of imidazole rings is 1. The molecule has 0 fully saturated rings. The number of benzene rings is 2. The SMILES string of the molecule is C.COc1ccc(C[C@H](NC(=O)c2ccc3nc(-c4ccncc4)[nH]c3c2)C(N)=O)cc1OC. The molecule has 0 saturated carbocycles. The van der Waals surface area contributed by atoms with Gasteiger partial charge in [-0.2, -0.15) is 0 Å². The lowest BCUT2D eigenvalue weighted by Gasteiger charge is -2.17. The lowest BCUT2D eigenvalue weighted by molar-refractivity contribution is -0.119. The van der Waals surface area contributed by atoms with Crippen LogP contribution in [0.5, 0.6) is 11.5 Å². The van der Waals surface area contributed by atoms with E-state index in [4.69, 9.17) is 15.2 Å². The Bertz CT molecular complexity index is 1300. The molecule has 0 aliphatic carbocycles. The zero-order valence-corrected chi connectivity index (χ0v) is 18.2. The Balaban J connectivity index is 0.00000324. The Labute approximate surface area is 197 Å². The molecule has 1 atom stereocenters. The van der Waals surface area contributed by atoms with E-state index in [0.717, 1.165) is 16.6 Å². The van der Waals surface area contributed by atoms with Gasteiger partial charge in [-0.1, -0.05) is 13.5 Å². The smallest absolute Gasteiger partial charge is 0.252 e. The number of carbonyl (C=O) groups is 2. The van der Waals surface area contributed by atoms with Crippen LogP contribution in [0.3, 0.4) is 0 Å². The summed E-state index contributed by atoms with van der Waals surface area (Å²) in [4.78, 5) is 36.7. The minimum Gasteiger partial charge on any atom is -0.493 e. The van der Waals surface area contributed by atoms with Gasteiger partial charge in [-0.3, -0.25) is 14.6 Å². The van der Waals surface area contributed by atoms with E-state index in [1.807, 2.05) is 12.1 Å². The largest absolute Gasteiger partial charge is 0.493 e. The molecule has 34 heavy (non-hydrogen) atoms. The molecular formula is C25H27N5O4. The minimum absolute atomic E-state index is 0. The van der Waals surface area contributed by atoms with E-state index >= 15 is 0 Å². The van der Waals surface area contributed by atoms with Crippen molar-refractivity contribution in [3.63, 3.8) is 0 Å². The Morgan fingerprint density at radius 3 is 2.44 bits per heavy atom. The number of nitrogens with one attached hydrogen (secondary N) is 2. The second-order valence-electron chi connectivity index (χ2n) is 7.38. The van der Waals surface area contributed by atoms with Crippen LogP contribution in [0.4, 0.5) is 0 Å². The highest BCUT2D eigenvalue weighted by molar-refractivity contribution is 6.00. The summed E-state index contributed by atoms with van der Waals surface area (Å²) in [6.45, 7) is 0. The van der Waals surface area contributed by atoms with Crippen LogP contribution >= 0.6 is 0 Å². The van der Waals surface area contributed by atoms with E-state index in [0.29, 0.717) is 28.4 Å². The maximum Gasteiger partial charge on any atom is 0.252 e. The third kappa shape index (κ3) is 5.15. The third-order valence-corrected chi connectivity index (χ3v) is 5.23. The van der Waals surface area contributed by atoms with Crippen LogP contribution in [-0.4, -0.2) is 47.0 Å². The Morgan fingerprint density at radius 1 is 1.03 bits per heavy atom. The van der Waals surface area contributed by atoms with Crippen molar-refractivity contribution in [1.82, 2.24) is 20.3 Å². The second-order valence-corrected chi connectivity index (χ2v) is 7.38. The average molecular weight is 462 g/mol. The number of nitrogens with two attached hydrogens (primary N) is 1. The van der Waals surface area contributed by atoms with Crippen molar-refractivity contribution in [3.05, 3.63) is 72.1 Å². The van der Waals surface area contributed by atoms with Crippen LogP contribution in [0, 0.1) is 0 Å². The predicted molar refractivity (Wildman–Crippen MR) is 130 cm³/mol. The van der Waals surface area contributed by atoms with Crippen molar-refractivity contribution in [2.75, 3.05) is 14.2 Å². The molecule has 0 saturated heterocycles. The fourth-order valence-corrected chi connectivity index (χ4v) is 3.50. The number of nitrogens with zero attached hydrogens (tertiary/aromatic N) is 2. The number of rotatable bonds is 8. The Hall–Kier alpha value is -4.40. The molecule has 176 valence electrons. The van der Waals surface area contributed by atoms with Crippen LogP contribution in [0.15, 0.2) is 60.9 Å². The van der Waals surface area contributed by atoms with Crippen LogP contribution in [0.25, 0.3) is 22.4 Å². The van der Waals surface area contributed by atoms with Gasteiger partial charge in [0.15, 0.2) is 11.5 Å². The molecule has 0 unspecified atom stereocenters. The number of fused-ring (bicyclic) bond motifs is 1. The molecule has 2 aromatic carbocycles. The number of methoxy groups -OCH3 is 2. The number of hydrogen-bond donors (Lipinski definition) is 3. The highest BCUT2D eigenvalue weighted by Crippen LogP contribution is 2.28. The third-order valence-electron chi connectivity index (χ3n) is 5.23. The number of carbonyl (C=O) groups excluding carboxylic acids is 2. The minimum atomic E-state index is -0.902. The van der Waals surface area contributed by atoms with Gasteiger partial charge in [-0.05, 0) is 48.0 Å². The molecule has 0 aliphatic heterocycles. The molecule has 0 radical (unpaired) electrons. The van der Waals surface area contributed by atoms with Gasteiger partial charge in [0.25, 0.3) is 5.91 Å². The monoisotopic (exact) mass is 461 g/mol. The summed E-state index contributed by atoms with van der Waals surface area (Å²) in [6, 6.07) is 13.2. The molecule has 0 bridgehead atoms. The van der Waals surface area contributed by atoms with Crippen molar-refractivity contribution in [2.45, 2.75) is 19.9 Å². The van der Waals surface area contributed by atoms with Gasteiger partial charge in [0, 0.05) is 29.9 Å². The van der Waals surface area contributed by atoms with Gasteiger partial charge in [0.2, 0.25) is 5.91 Å². The fraction of sp³-hybridized carbons (Fsp3) is 0.200. The maximum absolute atomic E-state index is 12.9. The predicted octanol–water partition coefficient (Wildman–Crippen LogP) is 3.10. The molecule has 9 nitrogen and oxygen atoms in total. The van der Waals surface area contributed by atoms with E-state index in [1.54, 1.807) is 55.9 Å². The first-order valence-corrected chi connectivity index (χ1v) is 10.2. The van der Waals surface area contributed by atoms with Crippen molar-refractivity contribution in [2.24, 2.45) is 5.73 Å². The van der Waals surface area contributed by atoms with E-state index in [-0.39, 0.29) is 13.8 Å². The average Bonchev–Trinajstić information content (AvgIpc) is 3.27. The van der Waals surface area contributed by atoms with E-state index in [2.05, 4.69) is 20.3 Å². The summed E-state index contributed by atoms with van der Waals surface area (Å²) in [7, 11) is 3.07. The van der Waals surface area contributed by atoms with Crippen molar-refractivity contribution < 1.29 is 19.1 Å². The molecule has 2 amide bonds. The fourth-order valence-electron chi connectivity index (χ4n) is 3.50. The lowest BCUT2D eigenvalue weighted by Crippen LogP contribution is -2.45. The second kappa shape index (κ2) is 10.5. The maximum atomic E-state index is 12.9. The van der Waals surface area contributed by atoms with Gasteiger partial charge in [0.05, 0.1) is 25.3 Å². The quantitative estimate of drug-likeness (QED) is 0.369. The van der Waals surface area contributed by atoms with Crippen LogP contribution in [0.1, 0.15) is 23.3 Å². The first-order chi connectivity index (χ1) is 16.0. The van der Waals surface area contributed by atoms with Crippen LogP contribution in [-0.2, 0) is 11.2 Å². The van der Waals surface area contributed by atoms with Crippen LogP contribution < -0.4 is 20.5 Å². The van der Waals surface area contributed by atoms with Gasteiger partial charge < -0.3 is 25.5 Å². The zero-order valence-electron chi connectivity index (χ0n) is 18.2. The highest BCUT2D eigenvalue weighted by atomic mass is 16.5. The van der Waals surface area contributed by atoms with Crippen molar-refractivity contribution in [1.29, 1.82) is 0 Å². The topological polar surface area (TPSA) is 132 Å². The summed E-state index contributed by atoms with van der Waals surface area (Å²) in [6.07, 6.45) is 3.58. The Morgan fingerprint density at radius 2 is 1.76 bits per heavy atom. The van der Waals surface area contributed by atoms with Gasteiger partial charge in [-0.25, -0.2) is 4.98 Å². The molecule has 4 rings (SSSR count). The molecule has 2 heterocycles. The first kappa shape index (κ1) is 24.2. The number of pyridine rings is 1. The number of aromatic nitrogens is 3. The molecule has 2 aromatic heterocycles. The summed E-state index contributed by atoms with van der Waals surface area (Å²) in [5, 5.41) is 2.72. The van der Waals surface area contributed by atoms with E-state index in [1.165, 1.54) is 7.11 Å².